The zero-order valence-corrected chi connectivity index (χ0v) is 9.72. The molecule has 0 aliphatic heterocycles. The smallest absolute Gasteiger partial charge is 0.164 e. The first-order chi connectivity index (χ1) is 7.79. The molecule has 86 valence electrons. The van der Waals surface area contributed by atoms with E-state index in [4.69, 9.17) is 0 Å². The van der Waals surface area contributed by atoms with Crippen molar-refractivity contribution in [2.75, 3.05) is 0 Å². The lowest BCUT2D eigenvalue weighted by Gasteiger charge is -2.06. The van der Waals surface area contributed by atoms with Crippen LogP contribution in [0.3, 0.4) is 0 Å². The van der Waals surface area contributed by atoms with Gasteiger partial charge >= 0.3 is 0 Å². The first kappa shape index (κ1) is 10.9. The molecule has 0 unspecified atom stereocenters. The Morgan fingerprint density at radius 1 is 1.38 bits per heavy atom. The Morgan fingerprint density at radius 3 is 2.94 bits per heavy atom. The molecule has 0 amide bonds. The molecule has 0 aromatic carbocycles. The third-order valence-corrected chi connectivity index (χ3v) is 2.50. The Morgan fingerprint density at radius 2 is 2.25 bits per heavy atom. The van der Waals surface area contributed by atoms with E-state index in [2.05, 4.69) is 45.2 Å². The molecule has 2 heterocycles. The fourth-order valence-corrected chi connectivity index (χ4v) is 1.69. The normalized spacial score (nSPS) is 10.9. The van der Waals surface area contributed by atoms with Crippen LogP contribution in [-0.4, -0.2) is 19.3 Å². The minimum atomic E-state index is 0.704. The summed E-state index contributed by atoms with van der Waals surface area (Å²) in [6.45, 7) is 4.70. The van der Waals surface area contributed by atoms with Crippen molar-refractivity contribution in [1.82, 2.24) is 24.6 Å². The summed E-state index contributed by atoms with van der Waals surface area (Å²) in [5, 5.41) is 7.54. The van der Waals surface area contributed by atoms with Crippen LogP contribution in [0.15, 0.2) is 24.7 Å². The van der Waals surface area contributed by atoms with E-state index in [0.29, 0.717) is 6.54 Å². The Balaban J connectivity index is 1.84. The molecule has 0 saturated heterocycles. The van der Waals surface area contributed by atoms with Crippen molar-refractivity contribution in [2.24, 2.45) is 7.05 Å². The van der Waals surface area contributed by atoms with Crippen LogP contribution in [0.4, 0.5) is 0 Å². The second kappa shape index (κ2) is 4.94. The minimum absolute atomic E-state index is 0.704. The summed E-state index contributed by atoms with van der Waals surface area (Å²) in [6, 6.07) is 4.20. The molecule has 0 saturated carbocycles. The number of hydrogen-bond acceptors (Lipinski definition) is 3. The molecule has 0 atom stereocenters. The maximum absolute atomic E-state index is 4.21. The molecular weight excluding hydrogens is 202 g/mol. The van der Waals surface area contributed by atoms with Crippen LogP contribution in [0.5, 0.6) is 0 Å². The van der Waals surface area contributed by atoms with Gasteiger partial charge in [-0.1, -0.05) is 0 Å². The summed E-state index contributed by atoms with van der Waals surface area (Å²) in [5.74, 6) is 0.831. The number of nitrogens with one attached hydrogen (secondary N) is 1. The second-order valence-corrected chi connectivity index (χ2v) is 3.72. The standard InChI is InChI=1S/C11H17N5/c1-3-16-6-4-5-10(16)7-12-8-11-13-9-15(2)14-11/h4-6,9,12H,3,7-8H2,1-2H3. The van der Waals surface area contributed by atoms with Crippen molar-refractivity contribution in [2.45, 2.75) is 26.6 Å². The van der Waals surface area contributed by atoms with Crippen molar-refractivity contribution in [1.29, 1.82) is 0 Å². The highest BCUT2D eigenvalue weighted by Gasteiger charge is 2.00. The number of hydrogen-bond donors (Lipinski definition) is 1. The summed E-state index contributed by atoms with van der Waals surface area (Å²) >= 11 is 0. The van der Waals surface area contributed by atoms with Crippen molar-refractivity contribution in [3.05, 3.63) is 36.2 Å². The molecule has 2 aromatic heterocycles. The van der Waals surface area contributed by atoms with E-state index in [0.717, 1.165) is 18.9 Å². The van der Waals surface area contributed by atoms with Gasteiger partial charge in [0.2, 0.25) is 0 Å². The number of aromatic nitrogens is 4. The topological polar surface area (TPSA) is 47.7 Å². The lowest BCUT2D eigenvalue weighted by Crippen LogP contribution is -2.16. The molecule has 2 rings (SSSR count). The van der Waals surface area contributed by atoms with E-state index in [1.165, 1.54) is 5.69 Å². The highest BCUT2D eigenvalue weighted by atomic mass is 15.3. The molecule has 0 spiro atoms. The van der Waals surface area contributed by atoms with Gasteiger partial charge in [-0.15, -0.1) is 0 Å². The first-order valence-corrected chi connectivity index (χ1v) is 5.49. The lowest BCUT2D eigenvalue weighted by molar-refractivity contribution is 0.609. The van der Waals surface area contributed by atoms with Crippen LogP contribution < -0.4 is 5.32 Å². The van der Waals surface area contributed by atoms with Gasteiger partial charge in [0.1, 0.15) is 6.33 Å². The van der Waals surface area contributed by atoms with Crippen molar-refractivity contribution >= 4 is 0 Å². The zero-order valence-electron chi connectivity index (χ0n) is 9.72. The summed E-state index contributed by atoms with van der Waals surface area (Å²) in [4.78, 5) is 4.16. The van der Waals surface area contributed by atoms with E-state index in [9.17, 15) is 0 Å². The third-order valence-electron chi connectivity index (χ3n) is 2.50. The molecule has 0 fully saturated rings. The summed E-state index contributed by atoms with van der Waals surface area (Å²) in [7, 11) is 1.87. The van der Waals surface area contributed by atoms with Gasteiger partial charge in [-0.3, -0.25) is 4.68 Å². The molecule has 0 bridgehead atoms. The summed E-state index contributed by atoms with van der Waals surface area (Å²) in [5.41, 5.74) is 1.29. The van der Waals surface area contributed by atoms with Gasteiger partial charge in [0, 0.05) is 32.0 Å². The molecule has 2 aromatic rings. The van der Waals surface area contributed by atoms with Crippen LogP contribution in [0.1, 0.15) is 18.4 Å². The molecule has 0 aliphatic rings. The Hall–Kier alpha value is -1.62. The fraction of sp³-hybridized carbons (Fsp3) is 0.455. The Bertz CT molecular complexity index is 443. The molecular formula is C11H17N5. The lowest BCUT2D eigenvalue weighted by atomic mass is 10.4. The Labute approximate surface area is 95.1 Å². The second-order valence-electron chi connectivity index (χ2n) is 3.72. The molecule has 16 heavy (non-hydrogen) atoms. The predicted octanol–water partition coefficient (Wildman–Crippen LogP) is 0.926. The van der Waals surface area contributed by atoms with E-state index < -0.39 is 0 Å². The van der Waals surface area contributed by atoms with Gasteiger partial charge in [0.05, 0.1) is 6.54 Å². The van der Waals surface area contributed by atoms with Gasteiger partial charge in [-0.05, 0) is 19.1 Å². The monoisotopic (exact) mass is 219 g/mol. The maximum Gasteiger partial charge on any atom is 0.164 e. The predicted molar refractivity (Wildman–Crippen MR) is 61.7 cm³/mol. The van der Waals surface area contributed by atoms with E-state index in [1.54, 1.807) is 11.0 Å². The van der Waals surface area contributed by atoms with Crippen molar-refractivity contribution in [3.63, 3.8) is 0 Å². The van der Waals surface area contributed by atoms with Gasteiger partial charge in [0.15, 0.2) is 5.82 Å². The summed E-state index contributed by atoms with van der Waals surface area (Å²) < 4.78 is 3.94. The van der Waals surface area contributed by atoms with Gasteiger partial charge in [-0.25, -0.2) is 4.98 Å². The molecule has 5 heteroatoms. The third kappa shape index (κ3) is 2.49. The first-order valence-electron chi connectivity index (χ1n) is 5.49. The van der Waals surface area contributed by atoms with Gasteiger partial charge in [-0.2, -0.15) is 5.10 Å². The number of nitrogens with zero attached hydrogens (tertiary/aromatic N) is 4. The Kier molecular flexibility index (Phi) is 3.36. The van der Waals surface area contributed by atoms with Crippen LogP contribution >= 0.6 is 0 Å². The minimum Gasteiger partial charge on any atom is -0.351 e. The van der Waals surface area contributed by atoms with Crippen molar-refractivity contribution < 1.29 is 0 Å². The van der Waals surface area contributed by atoms with Crippen molar-refractivity contribution in [3.8, 4) is 0 Å². The van der Waals surface area contributed by atoms with Gasteiger partial charge in [0.25, 0.3) is 0 Å². The van der Waals surface area contributed by atoms with Crippen LogP contribution in [0, 0.1) is 0 Å². The highest BCUT2D eigenvalue weighted by molar-refractivity contribution is 5.06. The van der Waals surface area contributed by atoms with E-state index in [-0.39, 0.29) is 0 Å². The number of aryl methyl sites for hydroxylation is 2. The van der Waals surface area contributed by atoms with Crippen LogP contribution in [0.2, 0.25) is 0 Å². The molecule has 0 aliphatic carbocycles. The molecule has 1 N–H and O–H groups in total. The SMILES string of the molecule is CCn1cccc1CNCc1ncn(C)n1. The molecule has 0 radical (unpaired) electrons. The summed E-state index contributed by atoms with van der Waals surface area (Å²) in [6.07, 6.45) is 3.81. The van der Waals surface area contributed by atoms with Gasteiger partial charge < -0.3 is 9.88 Å². The largest absolute Gasteiger partial charge is 0.351 e. The van der Waals surface area contributed by atoms with Crippen LogP contribution in [-0.2, 0) is 26.7 Å². The average Bonchev–Trinajstić information content (AvgIpc) is 2.87. The zero-order chi connectivity index (χ0) is 11.4. The number of rotatable bonds is 5. The quantitative estimate of drug-likeness (QED) is 0.813. The van der Waals surface area contributed by atoms with E-state index >= 15 is 0 Å². The fourth-order valence-electron chi connectivity index (χ4n) is 1.69. The molecule has 5 nitrogen and oxygen atoms in total. The maximum atomic E-state index is 4.21. The average molecular weight is 219 g/mol. The van der Waals surface area contributed by atoms with Crippen LogP contribution in [0.25, 0.3) is 0 Å². The highest BCUT2D eigenvalue weighted by Crippen LogP contribution is 2.01. The van der Waals surface area contributed by atoms with E-state index in [1.807, 2.05) is 7.05 Å².